The predicted molar refractivity (Wildman–Crippen MR) is 95.5 cm³/mol. The monoisotopic (exact) mass is 353 g/mol. The van der Waals surface area contributed by atoms with Gasteiger partial charge in [-0.15, -0.1) is 0 Å². The zero-order valence-electron chi connectivity index (χ0n) is 13.6. The lowest BCUT2D eigenvalue weighted by molar-refractivity contribution is 0.0962. The third-order valence-corrected chi connectivity index (χ3v) is 3.48. The number of anilines is 3. The van der Waals surface area contributed by atoms with Crippen LogP contribution in [0, 0.1) is 5.82 Å². The zero-order valence-corrected chi connectivity index (χ0v) is 13.6. The third kappa shape index (κ3) is 4.20. The van der Waals surface area contributed by atoms with Crippen LogP contribution in [0.5, 0.6) is 0 Å². The Hall–Kier alpha value is -3.75. The van der Waals surface area contributed by atoms with E-state index in [9.17, 15) is 9.18 Å². The second-order valence-electron chi connectivity index (χ2n) is 5.29. The van der Waals surface area contributed by atoms with E-state index >= 15 is 0 Å². The molecule has 5 N–H and O–H groups in total. The Labute approximate surface area is 148 Å². The summed E-state index contributed by atoms with van der Waals surface area (Å²) in [6.07, 6.45) is 4.32. The number of pyridine rings is 1. The molecule has 26 heavy (non-hydrogen) atoms. The first kappa shape index (κ1) is 17.1. The topological polar surface area (TPSA) is 118 Å². The van der Waals surface area contributed by atoms with E-state index in [0.29, 0.717) is 17.9 Å². The molecule has 3 rings (SSSR count). The highest BCUT2D eigenvalue weighted by molar-refractivity contribution is 5.94. The van der Waals surface area contributed by atoms with Gasteiger partial charge in [0, 0.05) is 18.9 Å². The van der Waals surface area contributed by atoms with Gasteiger partial charge in [-0.1, -0.05) is 12.1 Å². The highest BCUT2D eigenvalue weighted by atomic mass is 19.1. The van der Waals surface area contributed by atoms with Crippen LogP contribution in [0.4, 0.5) is 21.7 Å². The van der Waals surface area contributed by atoms with Crippen LogP contribution in [0.3, 0.4) is 0 Å². The van der Waals surface area contributed by atoms with Crippen LogP contribution in [0.15, 0.2) is 55.1 Å². The largest absolute Gasteiger partial charge is 0.393 e. The van der Waals surface area contributed by atoms with Crippen LogP contribution in [-0.2, 0) is 6.54 Å². The molecule has 0 unspecified atom stereocenters. The quantitative estimate of drug-likeness (QED) is 0.500. The smallest absolute Gasteiger partial charge is 0.271 e. The number of rotatable bonds is 6. The molecule has 8 nitrogen and oxygen atoms in total. The number of nitrogens with zero attached hydrogens (tertiary/aromatic N) is 3. The molecule has 3 aromatic rings. The summed E-state index contributed by atoms with van der Waals surface area (Å²) in [6.45, 7) is 0.406. The SMILES string of the molecule is Nc1c(NCc2ccc(F)cc2)ncnc1NNC(=O)c1cccnc1. The molecule has 1 amide bonds. The number of hydrogen-bond acceptors (Lipinski definition) is 7. The number of carbonyl (C=O) groups is 1. The van der Waals surface area contributed by atoms with Crippen LogP contribution in [-0.4, -0.2) is 20.9 Å². The molecule has 0 atom stereocenters. The van der Waals surface area contributed by atoms with Crippen LogP contribution in [0.2, 0.25) is 0 Å². The summed E-state index contributed by atoms with van der Waals surface area (Å²) in [5.74, 6) is -0.0376. The first-order chi connectivity index (χ1) is 12.6. The van der Waals surface area contributed by atoms with Gasteiger partial charge in [-0.05, 0) is 29.8 Å². The van der Waals surface area contributed by atoms with Gasteiger partial charge in [0.15, 0.2) is 11.6 Å². The van der Waals surface area contributed by atoms with Gasteiger partial charge in [-0.2, -0.15) is 0 Å². The molecule has 2 heterocycles. The summed E-state index contributed by atoms with van der Waals surface area (Å²) in [5, 5.41) is 3.05. The zero-order chi connectivity index (χ0) is 18.4. The van der Waals surface area contributed by atoms with Gasteiger partial charge >= 0.3 is 0 Å². The van der Waals surface area contributed by atoms with Gasteiger partial charge in [0.2, 0.25) is 0 Å². The van der Waals surface area contributed by atoms with Crippen molar-refractivity contribution in [1.29, 1.82) is 0 Å². The van der Waals surface area contributed by atoms with Gasteiger partial charge < -0.3 is 11.1 Å². The number of aromatic nitrogens is 3. The first-order valence-electron chi connectivity index (χ1n) is 7.68. The van der Waals surface area contributed by atoms with Crippen LogP contribution >= 0.6 is 0 Å². The lowest BCUT2D eigenvalue weighted by Crippen LogP contribution is -2.30. The number of nitrogens with one attached hydrogen (secondary N) is 3. The normalized spacial score (nSPS) is 10.2. The van der Waals surface area contributed by atoms with E-state index in [1.54, 1.807) is 30.5 Å². The Balaban J connectivity index is 1.63. The molecule has 0 saturated heterocycles. The maximum absolute atomic E-state index is 12.9. The van der Waals surface area contributed by atoms with Gasteiger partial charge in [0.1, 0.15) is 17.8 Å². The van der Waals surface area contributed by atoms with Crippen LogP contribution in [0.1, 0.15) is 15.9 Å². The molecule has 0 aliphatic carbocycles. The number of benzene rings is 1. The van der Waals surface area contributed by atoms with Crippen molar-refractivity contribution in [3.63, 3.8) is 0 Å². The molecule has 0 spiro atoms. The number of hydrazine groups is 1. The average Bonchev–Trinajstić information content (AvgIpc) is 2.68. The van der Waals surface area contributed by atoms with Crippen molar-refractivity contribution in [3.05, 3.63) is 72.1 Å². The molecule has 2 aromatic heterocycles. The van der Waals surface area contributed by atoms with Crippen molar-refractivity contribution in [2.24, 2.45) is 0 Å². The highest BCUT2D eigenvalue weighted by Crippen LogP contribution is 2.22. The average molecular weight is 353 g/mol. The van der Waals surface area contributed by atoms with E-state index in [-0.39, 0.29) is 23.2 Å². The summed E-state index contributed by atoms with van der Waals surface area (Å²) in [4.78, 5) is 24.0. The summed E-state index contributed by atoms with van der Waals surface area (Å²) in [6, 6.07) is 9.36. The molecule has 0 saturated carbocycles. The lowest BCUT2D eigenvalue weighted by Gasteiger charge is -2.13. The number of amides is 1. The molecule has 0 bridgehead atoms. The van der Waals surface area contributed by atoms with E-state index in [1.165, 1.54) is 24.7 Å². The number of hydrogen-bond donors (Lipinski definition) is 4. The Morgan fingerprint density at radius 1 is 1.12 bits per heavy atom. The molecule has 0 fully saturated rings. The number of nitrogens with two attached hydrogens (primary N) is 1. The number of carbonyl (C=O) groups excluding carboxylic acids is 1. The van der Waals surface area contributed by atoms with Crippen LogP contribution in [0.25, 0.3) is 0 Å². The van der Waals surface area contributed by atoms with Gasteiger partial charge in [-0.3, -0.25) is 20.6 Å². The maximum atomic E-state index is 12.9. The Kier molecular flexibility index (Phi) is 5.18. The molecule has 132 valence electrons. The molecule has 1 aromatic carbocycles. The van der Waals surface area contributed by atoms with Gasteiger partial charge in [0.25, 0.3) is 5.91 Å². The van der Waals surface area contributed by atoms with Crippen molar-refractivity contribution in [2.75, 3.05) is 16.5 Å². The molecular weight excluding hydrogens is 337 g/mol. The standard InChI is InChI=1S/C17H16FN7O/c18-13-5-3-11(4-6-13)8-21-15-14(19)16(23-10-22-15)24-25-17(26)12-2-1-7-20-9-12/h1-7,9-10H,8,19H2,(H,25,26)(H2,21,22,23,24). The molecule has 0 aliphatic rings. The number of halogens is 1. The molecular formula is C17H16FN7O. The second kappa shape index (κ2) is 7.88. The molecule has 0 radical (unpaired) electrons. The van der Waals surface area contributed by atoms with Gasteiger partial charge in [-0.25, -0.2) is 14.4 Å². The Morgan fingerprint density at radius 3 is 2.62 bits per heavy atom. The van der Waals surface area contributed by atoms with Crippen molar-refractivity contribution < 1.29 is 9.18 Å². The predicted octanol–water partition coefficient (Wildman–Crippen LogP) is 1.96. The minimum atomic E-state index is -0.378. The van der Waals surface area contributed by atoms with Crippen molar-refractivity contribution in [2.45, 2.75) is 6.54 Å². The van der Waals surface area contributed by atoms with E-state index in [2.05, 4.69) is 31.1 Å². The Bertz CT molecular complexity index is 887. The minimum absolute atomic E-state index is 0.237. The first-order valence-corrected chi connectivity index (χ1v) is 7.68. The maximum Gasteiger partial charge on any atom is 0.271 e. The molecule has 9 heteroatoms. The fraction of sp³-hybridized carbons (Fsp3) is 0.0588. The van der Waals surface area contributed by atoms with E-state index in [1.807, 2.05) is 0 Å². The number of nitrogen functional groups attached to an aromatic ring is 1. The lowest BCUT2D eigenvalue weighted by atomic mass is 10.2. The fourth-order valence-corrected chi connectivity index (χ4v) is 2.11. The summed E-state index contributed by atoms with van der Waals surface area (Å²) < 4.78 is 12.9. The van der Waals surface area contributed by atoms with E-state index < -0.39 is 0 Å². The Morgan fingerprint density at radius 2 is 1.88 bits per heavy atom. The minimum Gasteiger partial charge on any atom is -0.393 e. The van der Waals surface area contributed by atoms with E-state index in [0.717, 1.165) is 5.56 Å². The summed E-state index contributed by atoms with van der Waals surface area (Å²) in [5.41, 5.74) is 12.7. The molecule has 0 aliphatic heterocycles. The summed E-state index contributed by atoms with van der Waals surface area (Å²) >= 11 is 0. The van der Waals surface area contributed by atoms with Gasteiger partial charge in [0.05, 0.1) is 5.56 Å². The van der Waals surface area contributed by atoms with Crippen molar-refractivity contribution in [3.8, 4) is 0 Å². The van der Waals surface area contributed by atoms with Crippen LogP contribution < -0.4 is 21.9 Å². The summed E-state index contributed by atoms with van der Waals surface area (Å²) in [7, 11) is 0. The van der Waals surface area contributed by atoms with Crippen molar-refractivity contribution >= 4 is 23.2 Å². The highest BCUT2D eigenvalue weighted by Gasteiger charge is 2.10. The van der Waals surface area contributed by atoms with E-state index in [4.69, 9.17) is 5.73 Å². The van der Waals surface area contributed by atoms with Crippen molar-refractivity contribution in [1.82, 2.24) is 20.4 Å². The second-order valence-corrected chi connectivity index (χ2v) is 5.29. The third-order valence-electron chi connectivity index (χ3n) is 3.48. The fourth-order valence-electron chi connectivity index (χ4n) is 2.11.